The average Bonchev–Trinajstić information content (AvgIpc) is 2.53. The standard InChI is InChI=1S/C21H22N2O2/c1-12-6-13(2)19(14(3)7-12)23-21(25)18(11-22)10-17-8-15(4)20(24)16(5)9-17/h6-10,24H,1-5H3,(H,23,25)/b18-10+. The second-order valence-corrected chi connectivity index (χ2v) is 6.40. The molecular formula is C21H22N2O2. The van der Waals surface area contributed by atoms with Crippen molar-refractivity contribution in [3.8, 4) is 11.8 Å². The number of aryl methyl sites for hydroxylation is 5. The smallest absolute Gasteiger partial charge is 0.266 e. The molecule has 1 amide bonds. The Morgan fingerprint density at radius 2 is 1.52 bits per heavy atom. The zero-order chi connectivity index (χ0) is 18.7. The highest BCUT2D eigenvalue weighted by Gasteiger charge is 2.13. The molecule has 0 radical (unpaired) electrons. The van der Waals surface area contributed by atoms with Gasteiger partial charge in [0.15, 0.2) is 0 Å². The fourth-order valence-electron chi connectivity index (χ4n) is 2.95. The molecule has 0 saturated heterocycles. The summed E-state index contributed by atoms with van der Waals surface area (Å²) in [6, 6.07) is 9.43. The quantitative estimate of drug-likeness (QED) is 0.642. The van der Waals surface area contributed by atoms with Crippen LogP contribution in [0, 0.1) is 45.9 Å². The summed E-state index contributed by atoms with van der Waals surface area (Å²) in [4.78, 5) is 12.5. The number of amides is 1. The van der Waals surface area contributed by atoms with Crippen molar-refractivity contribution in [2.45, 2.75) is 34.6 Å². The lowest BCUT2D eigenvalue weighted by Gasteiger charge is -2.12. The molecule has 0 unspecified atom stereocenters. The van der Waals surface area contributed by atoms with Gasteiger partial charge in [-0.3, -0.25) is 4.79 Å². The molecule has 128 valence electrons. The number of aromatic hydroxyl groups is 1. The number of hydrogen-bond donors (Lipinski definition) is 2. The molecule has 0 fully saturated rings. The third-order valence-electron chi connectivity index (χ3n) is 4.11. The molecule has 25 heavy (non-hydrogen) atoms. The SMILES string of the molecule is Cc1cc(C)c(NC(=O)/C(C#N)=C/c2cc(C)c(O)c(C)c2)c(C)c1. The van der Waals surface area contributed by atoms with E-state index in [2.05, 4.69) is 5.32 Å². The molecule has 0 aliphatic heterocycles. The summed E-state index contributed by atoms with van der Waals surface area (Å²) in [5.74, 6) is -0.216. The van der Waals surface area contributed by atoms with E-state index < -0.39 is 5.91 Å². The number of nitrogens with one attached hydrogen (secondary N) is 1. The molecule has 2 N–H and O–H groups in total. The van der Waals surface area contributed by atoms with Crippen LogP contribution in [0.5, 0.6) is 5.75 Å². The third kappa shape index (κ3) is 4.07. The molecule has 0 aliphatic rings. The van der Waals surface area contributed by atoms with Gasteiger partial charge in [-0.2, -0.15) is 5.26 Å². The van der Waals surface area contributed by atoms with Gasteiger partial charge in [-0.1, -0.05) is 17.7 Å². The van der Waals surface area contributed by atoms with Crippen molar-refractivity contribution < 1.29 is 9.90 Å². The summed E-state index contributed by atoms with van der Waals surface area (Å²) in [7, 11) is 0. The van der Waals surface area contributed by atoms with E-state index in [1.54, 1.807) is 26.0 Å². The second-order valence-electron chi connectivity index (χ2n) is 6.40. The molecule has 2 aromatic rings. The van der Waals surface area contributed by atoms with Gasteiger partial charge in [0.1, 0.15) is 17.4 Å². The monoisotopic (exact) mass is 334 g/mol. The fourth-order valence-corrected chi connectivity index (χ4v) is 2.95. The maximum atomic E-state index is 12.5. The predicted octanol–water partition coefficient (Wildman–Crippen LogP) is 4.48. The first-order valence-corrected chi connectivity index (χ1v) is 8.04. The van der Waals surface area contributed by atoms with Crippen LogP contribution in [0.3, 0.4) is 0 Å². The van der Waals surface area contributed by atoms with E-state index in [9.17, 15) is 15.2 Å². The van der Waals surface area contributed by atoms with Crippen LogP contribution in [0.1, 0.15) is 33.4 Å². The number of carbonyl (C=O) groups excluding carboxylic acids is 1. The maximum Gasteiger partial charge on any atom is 0.266 e. The van der Waals surface area contributed by atoms with Gasteiger partial charge in [-0.15, -0.1) is 0 Å². The van der Waals surface area contributed by atoms with E-state index in [0.717, 1.165) is 22.4 Å². The lowest BCUT2D eigenvalue weighted by atomic mass is 10.0. The van der Waals surface area contributed by atoms with E-state index in [4.69, 9.17) is 0 Å². The molecule has 0 heterocycles. The van der Waals surface area contributed by atoms with Gasteiger partial charge in [-0.05, 0) is 80.6 Å². The maximum absolute atomic E-state index is 12.5. The lowest BCUT2D eigenvalue weighted by molar-refractivity contribution is -0.112. The number of benzene rings is 2. The van der Waals surface area contributed by atoms with Crippen molar-refractivity contribution in [1.29, 1.82) is 5.26 Å². The highest BCUT2D eigenvalue weighted by atomic mass is 16.3. The molecule has 0 atom stereocenters. The molecular weight excluding hydrogens is 312 g/mol. The van der Waals surface area contributed by atoms with Crippen LogP contribution in [-0.4, -0.2) is 11.0 Å². The second kappa shape index (κ2) is 7.23. The number of phenols is 1. The van der Waals surface area contributed by atoms with Crippen LogP contribution in [0.4, 0.5) is 5.69 Å². The summed E-state index contributed by atoms with van der Waals surface area (Å²) in [5, 5.41) is 22.1. The highest BCUT2D eigenvalue weighted by Crippen LogP contribution is 2.25. The van der Waals surface area contributed by atoms with Gasteiger partial charge in [0.2, 0.25) is 0 Å². The lowest BCUT2D eigenvalue weighted by Crippen LogP contribution is -2.15. The largest absolute Gasteiger partial charge is 0.507 e. The number of hydrogen-bond acceptors (Lipinski definition) is 3. The van der Waals surface area contributed by atoms with E-state index in [1.165, 1.54) is 6.08 Å². The van der Waals surface area contributed by atoms with Crippen molar-refractivity contribution in [3.63, 3.8) is 0 Å². The molecule has 0 spiro atoms. The minimum atomic E-state index is -0.444. The fraction of sp³-hybridized carbons (Fsp3) is 0.238. The Bertz CT molecular complexity index is 872. The molecule has 4 nitrogen and oxygen atoms in total. The van der Waals surface area contributed by atoms with E-state index in [0.29, 0.717) is 16.7 Å². The summed E-state index contributed by atoms with van der Waals surface area (Å²) < 4.78 is 0. The van der Waals surface area contributed by atoms with Gasteiger partial charge >= 0.3 is 0 Å². The Hall–Kier alpha value is -3.06. The van der Waals surface area contributed by atoms with Crippen molar-refractivity contribution in [3.05, 3.63) is 63.2 Å². The van der Waals surface area contributed by atoms with E-state index in [-0.39, 0.29) is 11.3 Å². The Morgan fingerprint density at radius 3 is 2.00 bits per heavy atom. The van der Waals surface area contributed by atoms with Crippen molar-refractivity contribution >= 4 is 17.7 Å². The van der Waals surface area contributed by atoms with Gasteiger partial charge in [0, 0.05) is 5.69 Å². The minimum absolute atomic E-state index is 0.0175. The number of rotatable bonds is 3. The molecule has 2 aromatic carbocycles. The number of anilines is 1. The molecule has 0 bridgehead atoms. The first-order valence-electron chi connectivity index (χ1n) is 8.04. The van der Waals surface area contributed by atoms with Crippen LogP contribution in [0.25, 0.3) is 6.08 Å². The van der Waals surface area contributed by atoms with Crippen LogP contribution >= 0.6 is 0 Å². The number of nitrogens with zero attached hydrogens (tertiary/aromatic N) is 1. The molecule has 4 heteroatoms. The first kappa shape index (κ1) is 18.3. The van der Waals surface area contributed by atoms with Gasteiger partial charge in [-0.25, -0.2) is 0 Å². The molecule has 0 aliphatic carbocycles. The van der Waals surface area contributed by atoms with Crippen LogP contribution in [0.2, 0.25) is 0 Å². The Balaban J connectivity index is 2.36. The minimum Gasteiger partial charge on any atom is -0.507 e. The average molecular weight is 334 g/mol. The van der Waals surface area contributed by atoms with Crippen LogP contribution < -0.4 is 5.32 Å². The summed E-state index contributed by atoms with van der Waals surface area (Å²) in [5.41, 5.74) is 5.90. The highest BCUT2D eigenvalue weighted by molar-refractivity contribution is 6.10. The van der Waals surface area contributed by atoms with Gasteiger partial charge in [0.25, 0.3) is 5.91 Å². The van der Waals surface area contributed by atoms with E-state index in [1.807, 2.05) is 39.0 Å². The molecule has 0 saturated carbocycles. The van der Waals surface area contributed by atoms with Gasteiger partial charge < -0.3 is 10.4 Å². The van der Waals surface area contributed by atoms with Crippen LogP contribution in [-0.2, 0) is 4.79 Å². The molecule has 0 aromatic heterocycles. The summed E-state index contributed by atoms with van der Waals surface area (Å²) in [6.45, 7) is 9.42. The van der Waals surface area contributed by atoms with Crippen molar-refractivity contribution in [1.82, 2.24) is 0 Å². The van der Waals surface area contributed by atoms with E-state index >= 15 is 0 Å². The van der Waals surface area contributed by atoms with Crippen molar-refractivity contribution in [2.24, 2.45) is 0 Å². The Kier molecular flexibility index (Phi) is 5.29. The summed E-state index contributed by atoms with van der Waals surface area (Å²) >= 11 is 0. The number of nitriles is 1. The van der Waals surface area contributed by atoms with Crippen molar-refractivity contribution in [2.75, 3.05) is 5.32 Å². The third-order valence-corrected chi connectivity index (χ3v) is 4.11. The summed E-state index contributed by atoms with van der Waals surface area (Å²) in [6.07, 6.45) is 1.54. The zero-order valence-electron chi connectivity index (χ0n) is 15.2. The Morgan fingerprint density at radius 1 is 1.00 bits per heavy atom. The van der Waals surface area contributed by atoms with Gasteiger partial charge in [0.05, 0.1) is 0 Å². The normalized spacial score (nSPS) is 11.1. The molecule has 2 rings (SSSR count). The zero-order valence-corrected chi connectivity index (χ0v) is 15.2. The topological polar surface area (TPSA) is 73.1 Å². The first-order chi connectivity index (χ1) is 11.7. The Labute approximate surface area is 148 Å². The predicted molar refractivity (Wildman–Crippen MR) is 100 cm³/mol. The van der Waals surface area contributed by atoms with Crippen LogP contribution in [0.15, 0.2) is 29.8 Å². The number of carbonyl (C=O) groups is 1. The number of phenolic OH excluding ortho intramolecular Hbond substituents is 1.